The van der Waals surface area contributed by atoms with Crippen LogP contribution in [0.5, 0.6) is 0 Å². The van der Waals surface area contributed by atoms with E-state index in [9.17, 15) is 5.11 Å². The molecule has 0 saturated heterocycles. The molecule has 0 saturated carbocycles. The fraction of sp³-hybridized carbons (Fsp3) is 1.00. The summed E-state index contributed by atoms with van der Waals surface area (Å²) in [4.78, 5) is 0. The van der Waals surface area contributed by atoms with Crippen LogP contribution in [-0.2, 0) is 0 Å². The summed E-state index contributed by atoms with van der Waals surface area (Å²) in [6.45, 7) is -5.78. The Bertz CT molecular complexity index is 180. The molecule has 0 aliphatic carbocycles. The Morgan fingerprint density at radius 3 is 2.44 bits per heavy atom. The molecule has 9 heavy (non-hydrogen) atoms. The minimum absolute atomic E-state index is 1.29. The van der Waals surface area contributed by atoms with Crippen LogP contribution < -0.4 is 0 Å². The van der Waals surface area contributed by atoms with Gasteiger partial charge in [-0.3, -0.25) is 0 Å². The highest BCUT2D eigenvalue weighted by Gasteiger charge is 2.28. The Morgan fingerprint density at radius 2 is 2.33 bits per heavy atom. The number of hydrogen-bond acceptors (Lipinski definition) is 4. The minimum Gasteiger partial charge on any atom is -0.394 e. The van der Waals surface area contributed by atoms with Crippen molar-refractivity contribution in [1.29, 1.82) is 0 Å². The quantitative estimate of drug-likeness (QED) is 0.368. The molecule has 0 spiro atoms. The van der Waals surface area contributed by atoms with Crippen LogP contribution in [0.15, 0.2) is 0 Å². The van der Waals surface area contributed by atoms with Gasteiger partial charge in [-0.25, -0.2) is 0 Å². The Morgan fingerprint density at radius 1 is 1.78 bits per heavy atom. The molecule has 0 unspecified atom stereocenters. The second-order valence-corrected chi connectivity index (χ2v) is 1.62. The molecule has 0 aliphatic rings. The van der Waals surface area contributed by atoms with Gasteiger partial charge in [-0.15, -0.1) is 0 Å². The first kappa shape index (κ1) is 3.88. The topological polar surface area (TPSA) is 80.9 Å². The second-order valence-electron chi connectivity index (χ2n) is 1.62. The molecule has 0 fully saturated rings. The van der Waals surface area contributed by atoms with Crippen molar-refractivity contribution < 1.29 is 25.9 Å². The average molecular weight is 140 g/mol. The van der Waals surface area contributed by atoms with E-state index in [1.54, 1.807) is 0 Å². The zero-order valence-electron chi connectivity index (χ0n) is 8.70. The van der Waals surface area contributed by atoms with Crippen molar-refractivity contribution in [3.63, 3.8) is 0 Å². The standard InChI is InChI=1S/C5H12O4/c1-5(9,3-7)4(8)2-6/h4,6-9H,2-3H2,1H3/t4-,5+/m1/s1/i1D3,4D. The Balaban J connectivity index is 5.06. The third kappa shape index (κ3) is 2.28. The van der Waals surface area contributed by atoms with Gasteiger partial charge in [0.2, 0.25) is 0 Å². The van der Waals surface area contributed by atoms with Gasteiger partial charge in [-0.05, 0) is 6.85 Å². The zero-order valence-corrected chi connectivity index (χ0v) is 4.70. The molecule has 0 heterocycles. The van der Waals surface area contributed by atoms with Crippen molar-refractivity contribution in [2.45, 2.75) is 18.5 Å². The molecular formula is C5H12O4. The van der Waals surface area contributed by atoms with Gasteiger partial charge < -0.3 is 20.4 Å². The van der Waals surface area contributed by atoms with Crippen molar-refractivity contribution in [2.24, 2.45) is 0 Å². The minimum atomic E-state index is -3.15. The molecule has 0 aliphatic heterocycles. The average Bonchev–Trinajstić information content (AvgIpc) is 2.00. The lowest BCUT2D eigenvalue weighted by Crippen LogP contribution is -2.44. The molecule has 0 aromatic carbocycles. The molecule has 0 aromatic heterocycles. The molecule has 0 rings (SSSR count). The third-order valence-electron chi connectivity index (χ3n) is 0.856. The SMILES string of the molecule is [2H]C([2H])([2H])[C@](O)(CO)[C@]([2H])(O)CO. The van der Waals surface area contributed by atoms with E-state index in [2.05, 4.69) is 0 Å². The van der Waals surface area contributed by atoms with Crippen molar-refractivity contribution in [1.82, 2.24) is 0 Å². The Hall–Kier alpha value is -0.160. The molecule has 4 heteroatoms. The molecular weight excluding hydrogens is 124 g/mol. The number of aliphatic hydroxyl groups is 4. The van der Waals surface area contributed by atoms with Gasteiger partial charge in [-0.1, -0.05) is 0 Å². The summed E-state index contributed by atoms with van der Waals surface area (Å²) in [6.07, 6.45) is -3.02. The number of aliphatic hydroxyl groups excluding tert-OH is 2. The van der Waals surface area contributed by atoms with E-state index < -0.39 is 31.7 Å². The lowest BCUT2D eigenvalue weighted by atomic mass is 10.0. The molecule has 4 N–H and O–H groups in total. The van der Waals surface area contributed by atoms with Crippen LogP contribution in [0.2, 0.25) is 0 Å². The number of hydrogen-bond donors (Lipinski definition) is 4. The van der Waals surface area contributed by atoms with Crippen LogP contribution in [0.1, 0.15) is 12.3 Å². The zero-order chi connectivity index (χ0) is 10.9. The van der Waals surface area contributed by atoms with Crippen molar-refractivity contribution >= 4 is 0 Å². The monoisotopic (exact) mass is 140 g/mol. The molecule has 56 valence electrons. The largest absolute Gasteiger partial charge is 0.394 e. The van der Waals surface area contributed by atoms with Crippen LogP contribution in [0.25, 0.3) is 0 Å². The summed E-state index contributed by atoms with van der Waals surface area (Å²) < 4.78 is 27.3. The lowest BCUT2D eigenvalue weighted by Gasteiger charge is -2.24. The maximum absolute atomic E-state index is 9.27. The molecule has 0 radical (unpaired) electrons. The predicted molar refractivity (Wildman–Crippen MR) is 30.8 cm³/mol. The Labute approximate surface area is 59.0 Å². The van der Waals surface area contributed by atoms with Crippen molar-refractivity contribution in [3.05, 3.63) is 0 Å². The summed E-state index contributed by atoms with van der Waals surface area (Å²) in [7, 11) is 0. The normalized spacial score (nSPS) is 32.4. The third-order valence-corrected chi connectivity index (χ3v) is 0.856. The Kier molecular flexibility index (Phi) is 1.34. The van der Waals surface area contributed by atoms with Gasteiger partial charge in [-0.2, -0.15) is 0 Å². The van der Waals surface area contributed by atoms with Gasteiger partial charge >= 0.3 is 0 Å². The van der Waals surface area contributed by atoms with E-state index in [1.165, 1.54) is 0 Å². The molecule has 0 bridgehead atoms. The first-order chi connectivity index (χ1) is 5.62. The van der Waals surface area contributed by atoms with E-state index in [0.29, 0.717) is 0 Å². The highest BCUT2D eigenvalue weighted by atomic mass is 16.4. The van der Waals surface area contributed by atoms with E-state index >= 15 is 0 Å². The van der Waals surface area contributed by atoms with Crippen LogP contribution in [0, 0.1) is 0 Å². The van der Waals surface area contributed by atoms with Crippen molar-refractivity contribution in [3.8, 4) is 0 Å². The van der Waals surface area contributed by atoms with Crippen LogP contribution >= 0.6 is 0 Å². The molecule has 2 atom stereocenters. The van der Waals surface area contributed by atoms with E-state index in [-0.39, 0.29) is 0 Å². The maximum Gasteiger partial charge on any atom is 0.113 e. The summed E-state index contributed by atoms with van der Waals surface area (Å²) in [5, 5.41) is 35.4. The van der Waals surface area contributed by atoms with E-state index in [1.807, 2.05) is 0 Å². The van der Waals surface area contributed by atoms with E-state index in [0.717, 1.165) is 0 Å². The smallest absolute Gasteiger partial charge is 0.113 e. The van der Waals surface area contributed by atoms with Gasteiger partial charge in [0.05, 0.1) is 14.6 Å². The van der Waals surface area contributed by atoms with Crippen LogP contribution in [0.3, 0.4) is 0 Å². The summed E-state index contributed by atoms with van der Waals surface area (Å²) in [6, 6.07) is 0. The summed E-state index contributed by atoms with van der Waals surface area (Å²) in [5.41, 5.74) is -3.05. The van der Waals surface area contributed by atoms with Crippen LogP contribution in [-0.4, -0.2) is 45.3 Å². The molecule has 0 amide bonds. The summed E-state index contributed by atoms with van der Waals surface area (Å²) >= 11 is 0. The number of rotatable bonds is 3. The first-order valence-electron chi connectivity index (χ1n) is 4.29. The van der Waals surface area contributed by atoms with Crippen molar-refractivity contribution in [2.75, 3.05) is 13.2 Å². The van der Waals surface area contributed by atoms with Gasteiger partial charge in [0, 0.05) is 4.11 Å². The molecule has 0 aromatic rings. The highest BCUT2D eigenvalue weighted by molar-refractivity contribution is 4.79. The highest BCUT2D eigenvalue weighted by Crippen LogP contribution is 2.06. The van der Waals surface area contributed by atoms with E-state index in [4.69, 9.17) is 20.8 Å². The lowest BCUT2D eigenvalue weighted by molar-refractivity contribution is -0.108. The fourth-order valence-electron chi connectivity index (χ4n) is 0.222. The molecule has 4 nitrogen and oxygen atoms in total. The second kappa shape index (κ2) is 3.12. The van der Waals surface area contributed by atoms with Crippen LogP contribution in [0.4, 0.5) is 0 Å². The van der Waals surface area contributed by atoms with Gasteiger partial charge in [0.25, 0.3) is 0 Å². The summed E-state index contributed by atoms with van der Waals surface area (Å²) in [5.74, 6) is 0. The van der Waals surface area contributed by atoms with Gasteiger partial charge in [0.1, 0.15) is 11.7 Å². The maximum atomic E-state index is 9.27. The predicted octanol–water partition coefficient (Wildman–Crippen LogP) is -1.92. The van der Waals surface area contributed by atoms with Gasteiger partial charge in [0.15, 0.2) is 0 Å². The first-order valence-corrected chi connectivity index (χ1v) is 2.29. The fourth-order valence-corrected chi connectivity index (χ4v) is 0.222.